The SMILES string of the molecule is COC(=O)CCC(C)CC(O)CCOc1ccc(C2c3[nH]c4ccc(Cl)cc4c3CCN2C(=O)Oc2ccc(C)cc2)cc1. The predicted octanol–water partition coefficient (Wildman–Crippen LogP) is 7.39. The Morgan fingerprint density at radius 1 is 1.05 bits per heavy atom. The maximum absolute atomic E-state index is 13.6. The van der Waals surface area contributed by atoms with E-state index in [9.17, 15) is 14.7 Å². The summed E-state index contributed by atoms with van der Waals surface area (Å²) >= 11 is 6.34. The van der Waals surface area contributed by atoms with Gasteiger partial charge in [0.05, 0.1) is 19.8 Å². The van der Waals surface area contributed by atoms with E-state index in [-0.39, 0.29) is 11.9 Å². The number of nitrogens with one attached hydrogen (secondary N) is 1. The number of halogens is 1. The molecular formula is C35H39ClN2O6. The molecule has 0 spiro atoms. The second-order valence-electron chi connectivity index (χ2n) is 11.5. The molecular weight excluding hydrogens is 580 g/mol. The fourth-order valence-electron chi connectivity index (χ4n) is 5.80. The molecule has 2 heterocycles. The highest BCUT2D eigenvalue weighted by Gasteiger charge is 2.35. The first-order chi connectivity index (χ1) is 21.2. The van der Waals surface area contributed by atoms with Crippen LogP contribution in [0.15, 0.2) is 66.7 Å². The van der Waals surface area contributed by atoms with Gasteiger partial charge in [-0.2, -0.15) is 0 Å². The summed E-state index contributed by atoms with van der Waals surface area (Å²) in [4.78, 5) is 30.2. The Labute approximate surface area is 262 Å². The Morgan fingerprint density at radius 3 is 2.50 bits per heavy atom. The summed E-state index contributed by atoms with van der Waals surface area (Å²) in [5, 5.41) is 12.2. The molecule has 3 unspecified atom stereocenters. The number of carbonyl (C=O) groups is 2. The number of esters is 1. The summed E-state index contributed by atoms with van der Waals surface area (Å²) in [6, 6.07) is 20.5. The number of methoxy groups -OCH3 is 1. The Kier molecular flexibility index (Phi) is 10.1. The second-order valence-corrected chi connectivity index (χ2v) is 12.0. The average Bonchev–Trinajstić information content (AvgIpc) is 3.38. The van der Waals surface area contributed by atoms with Crippen molar-refractivity contribution in [2.75, 3.05) is 20.3 Å². The number of nitrogens with zero attached hydrogens (tertiary/aromatic N) is 1. The summed E-state index contributed by atoms with van der Waals surface area (Å²) in [6.45, 7) is 4.84. The molecule has 0 fully saturated rings. The molecule has 3 aromatic carbocycles. The van der Waals surface area contributed by atoms with Crippen molar-refractivity contribution in [3.8, 4) is 11.5 Å². The average molecular weight is 619 g/mol. The van der Waals surface area contributed by atoms with Gasteiger partial charge in [-0.25, -0.2) is 4.79 Å². The molecule has 1 aromatic heterocycles. The molecule has 1 aliphatic rings. The van der Waals surface area contributed by atoms with Crippen molar-refractivity contribution in [2.24, 2.45) is 5.92 Å². The topological polar surface area (TPSA) is 101 Å². The molecule has 3 atom stereocenters. The number of H-pyrrole nitrogens is 1. The summed E-state index contributed by atoms with van der Waals surface area (Å²) in [7, 11) is 1.38. The van der Waals surface area contributed by atoms with Crippen LogP contribution in [0.4, 0.5) is 4.79 Å². The molecule has 0 bridgehead atoms. The number of hydrogen-bond acceptors (Lipinski definition) is 6. The van der Waals surface area contributed by atoms with E-state index in [0.717, 1.165) is 33.3 Å². The third kappa shape index (κ3) is 7.55. The second kappa shape index (κ2) is 14.2. The third-order valence-electron chi connectivity index (χ3n) is 8.21. The van der Waals surface area contributed by atoms with Gasteiger partial charge < -0.3 is 24.3 Å². The van der Waals surface area contributed by atoms with Crippen LogP contribution in [0.2, 0.25) is 5.02 Å². The molecule has 8 nitrogen and oxygen atoms in total. The van der Waals surface area contributed by atoms with Crippen molar-refractivity contribution < 1.29 is 28.9 Å². The van der Waals surface area contributed by atoms with Crippen molar-refractivity contribution in [1.29, 1.82) is 0 Å². The molecule has 4 aromatic rings. The van der Waals surface area contributed by atoms with Gasteiger partial charge in [0.25, 0.3) is 0 Å². The maximum atomic E-state index is 13.6. The smallest absolute Gasteiger partial charge is 0.416 e. The molecule has 9 heteroatoms. The number of hydrogen-bond donors (Lipinski definition) is 2. The van der Waals surface area contributed by atoms with Gasteiger partial charge in [-0.1, -0.05) is 48.4 Å². The minimum atomic E-state index is -0.522. The first-order valence-electron chi connectivity index (χ1n) is 15.0. The van der Waals surface area contributed by atoms with Crippen LogP contribution >= 0.6 is 11.6 Å². The zero-order chi connectivity index (χ0) is 31.2. The number of aliphatic hydroxyl groups is 1. The van der Waals surface area contributed by atoms with E-state index in [1.807, 2.05) is 68.4 Å². The maximum Gasteiger partial charge on any atom is 0.416 e. The molecule has 0 radical (unpaired) electrons. The van der Waals surface area contributed by atoms with E-state index in [1.165, 1.54) is 7.11 Å². The Bertz CT molecular complexity index is 1580. The largest absolute Gasteiger partial charge is 0.493 e. The van der Waals surface area contributed by atoms with E-state index in [2.05, 4.69) is 4.98 Å². The minimum Gasteiger partial charge on any atom is -0.493 e. The molecule has 5 rings (SSSR count). The number of ether oxygens (including phenoxy) is 3. The van der Waals surface area contributed by atoms with E-state index in [0.29, 0.717) is 61.8 Å². The number of rotatable bonds is 11. The Hall–Kier alpha value is -4.01. The zero-order valence-electron chi connectivity index (χ0n) is 25.3. The normalized spacial score (nSPS) is 15.8. The number of aliphatic hydroxyl groups excluding tert-OH is 1. The van der Waals surface area contributed by atoms with Gasteiger partial charge in [0, 0.05) is 41.0 Å². The molecule has 1 aliphatic heterocycles. The Balaban J connectivity index is 1.29. The summed E-state index contributed by atoms with van der Waals surface area (Å²) in [5.74, 6) is 1.14. The predicted molar refractivity (Wildman–Crippen MR) is 170 cm³/mol. The van der Waals surface area contributed by atoms with Crippen LogP contribution in [0.1, 0.15) is 61.0 Å². The van der Waals surface area contributed by atoms with Crippen LogP contribution in [-0.4, -0.2) is 53.4 Å². The molecule has 44 heavy (non-hydrogen) atoms. The lowest BCUT2D eigenvalue weighted by atomic mass is 9.92. The fourth-order valence-corrected chi connectivity index (χ4v) is 5.97. The lowest BCUT2D eigenvalue weighted by Gasteiger charge is -2.35. The van der Waals surface area contributed by atoms with Crippen LogP contribution in [0.3, 0.4) is 0 Å². The molecule has 1 amide bonds. The molecule has 232 valence electrons. The van der Waals surface area contributed by atoms with E-state index < -0.39 is 18.2 Å². The van der Waals surface area contributed by atoms with Gasteiger partial charge in [-0.05, 0) is 85.7 Å². The number of carbonyl (C=O) groups excluding carboxylic acids is 2. The number of benzene rings is 3. The van der Waals surface area contributed by atoms with Crippen LogP contribution in [-0.2, 0) is 16.0 Å². The highest BCUT2D eigenvalue weighted by atomic mass is 35.5. The lowest BCUT2D eigenvalue weighted by molar-refractivity contribution is -0.141. The van der Waals surface area contributed by atoms with E-state index >= 15 is 0 Å². The van der Waals surface area contributed by atoms with Gasteiger partial charge in [0.15, 0.2) is 0 Å². The fraction of sp³-hybridized carbons (Fsp3) is 0.371. The van der Waals surface area contributed by atoms with Gasteiger partial charge in [-0.3, -0.25) is 9.69 Å². The van der Waals surface area contributed by atoms with Crippen molar-refractivity contribution >= 4 is 34.6 Å². The monoisotopic (exact) mass is 618 g/mol. The van der Waals surface area contributed by atoms with Gasteiger partial charge >= 0.3 is 12.1 Å². The number of amides is 1. The zero-order valence-corrected chi connectivity index (χ0v) is 26.1. The molecule has 0 saturated carbocycles. The van der Waals surface area contributed by atoms with Crippen LogP contribution in [0, 0.1) is 12.8 Å². The van der Waals surface area contributed by atoms with Crippen molar-refractivity contribution in [1.82, 2.24) is 9.88 Å². The van der Waals surface area contributed by atoms with Gasteiger partial charge in [0.2, 0.25) is 0 Å². The highest BCUT2D eigenvalue weighted by molar-refractivity contribution is 6.31. The summed E-state index contributed by atoms with van der Waals surface area (Å²) < 4.78 is 16.5. The molecule has 0 aliphatic carbocycles. The standard InChI is InChI=1S/C35H39ClN2O6/c1-22-4-10-28(11-5-22)44-35(41)38-18-16-29-30-21-25(36)9-14-31(30)37-33(29)34(38)24-7-12-27(13-8-24)43-19-17-26(39)20-23(2)6-15-32(40)42-3/h4-5,7-14,21,23,26,34,37,39H,6,15-20H2,1-3H3. The van der Waals surface area contributed by atoms with Gasteiger partial charge in [0.1, 0.15) is 17.5 Å². The first kappa shape index (κ1) is 31.4. The minimum absolute atomic E-state index is 0.199. The van der Waals surface area contributed by atoms with Crippen molar-refractivity contribution in [2.45, 2.75) is 58.1 Å². The number of aromatic nitrogens is 1. The summed E-state index contributed by atoms with van der Waals surface area (Å²) in [5.41, 5.74) is 5.05. The van der Waals surface area contributed by atoms with Crippen LogP contribution in [0.5, 0.6) is 11.5 Å². The van der Waals surface area contributed by atoms with E-state index in [4.69, 9.17) is 25.8 Å². The van der Waals surface area contributed by atoms with E-state index in [1.54, 1.807) is 17.0 Å². The summed E-state index contributed by atoms with van der Waals surface area (Å²) in [6.07, 6.45) is 1.82. The number of aromatic amines is 1. The van der Waals surface area contributed by atoms with Crippen LogP contribution in [0.25, 0.3) is 10.9 Å². The first-order valence-corrected chi connectivity index (χ1v) is 15.4. The molecule has 2 N–H and O–H groups in total. The highest BCUT2D eigenvalue weighted by Crippen LogP contribution is 2.40. The number of fused-ring (bicyclic) bond motifs is 3. The quantitative estimate of drug-likeness (QED) is 0.170. The van der Waals surface area contributed by atoms with Crippen molar-refractivity contribution in [3.05, 3.63) is 94.1 Å². The van der Waals surface area contributed by atoms with Gasteiger partial charge in [-0.15, -0.1) is 0 Å². The Morgan fingerprint density at radius 2 is 1.77 bits per heavy atom. The van der Waals surface area contributed by atoms with Crippen LogP contribution < -0.4 is 9.47 Å². The third-order valence-corrected chi connectivity index (χ3v) is 8.44. The molecule has 0 saturated heterocycles. The lowest BCUT2D eigenvalue weighted by Crippen LogP contribution is -2.42. The number of aryl methyl sites for hydroxylation is 1. The van der Waals surface area contributed by atoms with Crippen molar-refractivity contribution in [3.63, 3.8) is 0 Å².